The Morgan fingerprint density at radius 2 is 2.00 bits per heavy atom. The van der Waals surface area contributed by atoms with Gasteiger partial charge in [0, 0.05) is 0 Å². The predicted molar refractivity (Wildman–Crippen MR) is 59.7 cm³/mol. The minimum atomic E-state index is -0.567. The molecule has 2 unspecified atom stereocenters. The van der Waals surface area contributed by atoms with Crippen molar-refractivity contribution in [3.63, 3.8) is 0 Å². The SMILES string of the molecule is C#CC(CCC)NC(=O)C(C#N)CCC. The smallest absolute Gasteiger partial charge is 0.238 e. The predicted octanol–water partition coefficient (Wildman–Crippen LogP) is 1.84. The molecule has 0 aromatic carbocycles. The van der Waals surface area contributed by atoms with Gasteiger partial charge in [-0.25, -0.2) is 0 Å². The third kappa shape index (κ3) is 5.08. The number of carbonyl (C=O) groups is 1. The molecule has 15 heavy (non-hydrogen) atoms. The second-order valence-corrected chi connectivity index (χ2v) is 3.49. The van der Waals surface area contributed by atoms with E-state index in [4.69, 9.17) is 11.7 Å². The third-order valence-electron chi connectivity index (χ3n) is 2.14. The molecule has 0 saturated carbocycles. The van der Waals surface area contributed by atoms with Crippen LogP contribution in [0.25, 0.3) is 0 Å². The van der Waals surface area contributed by atoms with Crippen LogP contribution in [0.2, 0.25) is 0 Å². The van der Waals surface area contributed by atoms with Crippen molar-refractivity contribution in [3.8, 4) is 18.4 Å². The van der Waals surface area contributed by atoms with Crippen molar-refractivity contribution in [2.75, 3.05) is 0 Å². The molecule has 82 valence electrons. The summed E-state index contributed by atoms with van der Waals surface area (Å²) in [6.07, 6.45) is 8.36. The minimum absolute atomic E-state index is 0.240. The van der Waals surface area contributed by atoms with E-state index in [9.17, 15) is 4.79 Å². The fourth-order valence-electron chi connectivity index (χ4n) is 1.30. The van der Waals surface area contributed by atoms with Crippen LogP contribution in [-0.4, -0.2) is 11.9 Å². The molecule has 3 nitrogen and oxygen atoms in total. The average molecular weight is 206 g/mol. The molecule has 0 fully saturated rings. The van der Waals surface area contributed by atoms with Gasteiger partial charge in [-0.1, -0.05) is 32.6 Å². The van der Waals surface area contributed by atoms with Crippen molar-refractivity contribution < 1.29 is 4.79 Å². The van der Waals surface area contributed by atoms with Crippen LogP contribution in [-0.2, 0) is 4.79 Å². The largest absolute Gasteiger partial charge is 0.341 e. The van der Waals surface area contributed by atoms with E-state index in [-0.39, 0.29) is 11.9 Å². The Hall–Kier alpha value is -1.48. The van der Waals surface area contributed by atoms with E-state index in [0.29, 0.717) is 6.42 Å². The Bertz CT molecular complexity index is 272. The summed E-state index contributed by atoms with van der Waals surface area (Å²) in [5.41, 5.74) is 0. The topological polar surface area (TPSA) is 52.9 Å². The lowest BCUT2D eigenvalue weighted by Crippen LogP contribution is -2.37. The number of amides is 1. The maximum Gasteiger partial charge on any atom is 0.238 e. The van der Waals surface area contributed by atoms with E-state index in [1.165, 1.54) is 0 Å². The highest BCUT2D eigenvalue weighted by Crippen LogP contribution is 2.06. The molecule has 1 N–H and O–H groups in total. The first-order chi connectivity index (χ1) is 7.19. The normalized spacial score (nSPS) is 13.3. The van der Waals surface area contributed by atoms with Gasteiger partial charge in [-0.05, 0) is 12.8 Å². The molecule has 0 bridgehead atoms. The van der Waals surface area contributed by atoms with Gasteiger partial charge in [0.1, 0.15) is 5.92 Å². The quantitative estimate of drug-likeness (QED) is 0.674. The molecule has 0 rings (SSSR count). The summed E-state index contributed by atoms with van der Waals surface area (Å²) in [4.78, 5) is 11.6. The molecule has 0 aliphatic rings. The highest BCUT2D eigenvalue weighted by atomic mass is 16.1. The van der Waals surface area contributed by atoms with E-state index >= 15 is 0 Å². The molecule has 0 spiro atoms. The van der Waals surface area contributed by atoms with E-state index < -0.39 is 5.92 Å². The van der Waals surface area contributed by atoms with Crippen LogP contribution in [0.5, 0.6) is 0 Å². The Kier molecular flexibility index (Phi) is 7.10. The maximum absolute atomic E-state index is 11.6. The molecular formula is C12H18N2O. The lowest BCUT2D eigenvalue weighted by molar-refractivity contribution is -0.123. The zero-order valence-electron chi connectivity index (χ0n) is 9.42. The molecular weight excluding hydrogens is 188 g/mol. The standard InChI is InChI=1S/C12H18N2O/c1-4-7-10(9-13)12(15)14-11(6-3)8-5-2/h3,10-11H,4-5,7-8H2,1-2H3,(H,14,15). The van der Waals surface area contributed by atoms with Crippen molar-refractivity contribution in [1.82, 2.24) is 5.32 Å². The molecule has 2 atom stereocenters. The maximum atomic E-state index is 11.6. The van der Waals surface area contributed by atoms with Gasteiger partial charge < -0.3 is 5.32 Å². The van der Waals surface area contributed by atoms with Crippen LogP contribution in [0.3, 0.4) is 0 Å². The first-order valence-corrected chi connectivity index (χ1v) is 5.35. The number of hydrogen-bond acceptors (Lipinski definition) is 2. The number of carbonyl (C=O) groups excluding carboxylic acids is 1. The summed E-state index contributed by atoms with van der Waals surface area (Å²) < 4.78 is 0. The molecule has 0 saturated heterocycles. The van der Waals surface area contributed by atoms with E-state index in [0.717, 1.165) is 19.3 Å². The van der Waals surface area contributed by atoms with Crippen molar-refractivity contribution in [3.05, 3.63) is 0 Å². The Labute approximate surface area is 91.9 Å². The fourth-order valence-corrected chi connectivity index (χ4v) is 1.30. The number of nitrogens with zero attached hydrogens (tertiary/aromatic N) is 1. The zero-order valence-corrected chi connectivity index (χ0v) is 9.42. The van der Waals surface area contributed by atoms with Gasteiger partial charge >= 0.3 is 0 Å². The van der Waals surface area contributed by atoms with E-state index in [1.54, 1.807) is 0 Å². The summed E-state index contributed by atoms with van der Waals surface area (Å²) in [5.74, 6) is 1.71. The zero-order chi connectivity index (χ0) is 11.7. The molecule has 0 aliphatic carbocycles. The summed E-state index contributed by atoms with van der Waals surface area (Å²) in [6.45, 7) is 3.95. The van der Waals surface area contributed by atoms with Crippen LogP contribution in [0.1, 0.15) is 39.5 Å². The summed E-state index contributed by atoms with van der Waals surface area (Å²) in [5, 5.41) is 11.5. The van der Waals surface area contributed by atoms with Gasteiger partial charge in [0.15, 0.2) is 0 Å². The van der Waals surface area contributed by atoms with Gasteiger partial charge in [0.2, 0.25) is 5.91 Å². The van der Waals surface area contributed by atoms with Gasteiger partial charge in [-0.3, -0.25) is 4.79 Å². The molecule has 3 heteroatoms. The second kappa shape index (κ2) is 7.88. The number of nitrogens with one attached hydrogen (secondary N) is 1. The van der Waals surface area contributed by atoms with Crippen LogP contribution in [0.15, 0.2) is 0 Å². The first kappa shape index (κ1) is 13.5. The van der Waals surface area contributed by atoms with Crippen LogP contribution in [0.4, 0.5) is 0 Å². The molecule has 0 aromatic rings. The minimum Gasteiger partial charge on any atom is -0.341 e. The number of hydrogen-bond donors (Lipinski definition) is 1. The number of rotatable bonds is 6. The van der Waals surface area contributed by atoms with Gasteiger partial charge in [-0.15, -0.1) is 6.42 Å². The summed E-state index contributed by atoms with van der Waals surface area (Å²) in [7, 11) is 0. The van der Waals surface area contributed by atoms with Crippen molar-refractivity contribution in [2.45, 2.75) is 45.6 Å². The van der Waals surface area contributed by atoms with Crippen LogP contribution >= 0.6 is 0 Å². The highest BCUT2D eigenvalue weighted by Gasteiger charge is 2.18. The molecule has 0 heterocycles. The van der Waals surface area contributed by atoms with E-state index in [2.05, 4.69) is 11.2 Å². The van der Waals surface area contributed by atoms with Gasteiger partial charge in [0.05, 0.1) is 12.1 Å². The third-order valence-corrected chi connectivity index (χ3v) is 2.14. The second-order valence-electron chi connectivity index (χ2n) is 3.49. The summed E-state index contributed by atoms with van der Waals surface area (Å²) >= 11 is 0. The Balaban J connectivity index is 4.21. The summed E-state index contributed by atoms with van der Waals surface area (Å²) in [6, 6.07) is 1.75. The lowest BCUT2D eigenvalue weighted by atomic mass is 10.0. The molecule has 0 radical (unpaired) electrons. The van der Waals surface area contributed by atoms with Crippen LogP contribution in [0, 0.1) is 29.6 Å². The highest BCUT2D eigenvalue weighted by molar-refractivity contribution is 5.81. The van der Waals surface area contributed by atoms with Gasteiger partial charge in [0.25, 0.3) is 0 Å². The van der Waals surface area contributed by atoms with Crippen molar-refractivity contribution in [1.29, 1.82) is 5.26 Å². The monoisotopic (exact) mass is 206 g/mol. The van der Waals surface area contributed by atoms with Crippen molar-refractivity contribution >= 4 is 5.91 Å². The first-order valence-electron chi connectivity index (χ1n) is 5.35. The fraction of sp³-hybridized carbons (Fsp3) is 0.667. The van der Waals surface area contributed by atoms with Gasteiger partial charge in [-0.2, -0.15) is 5.26 Å². The number of nitriles is 1. The molecule has 1 amide bonds. The molecule has 0 aliphatic heterocycles. The average Bonchev–Trinajstić information content (AvgIpc) is 2.24. The van der Waals surface area contributed by atoms with Crippen LogP contribution < -0.4 is 5.32 Å². The number of terminal acetylenes is 1. The lowest BCUT2D eigenvalue weighted by Gasteiger charge is -2.14. The van der Waals surface area contributed by atoms with E-state index in [1.807, 2.05) is 19.9 Å². The molecule has 0 aromatic heterocycles. The Morgan fingerprint density at radius 1 is 1.40 bits per heavy atom. The Morgan fingerprint density at radius 3 is 2.40 bits per heavy atom. The van der Waals surface area contributed by atoms with Crippen molar-refractivity contribution in [2.24, 2.45) is 5.92 Å².